The van der Waals surface area contributed by atoms with Crippen LogP contribution in [0.2, 0.25) is 0 Å². The van der Waals surface area contributed by atoms with E-state index in [0.29, 0.717) is 12.2 Å². The number of thioether (sulfide) groups is 2. The van der Waals surface area contributed by atoms with Gasteiger partial charge in [-0.1, -0.05) is 11.8 Å². The lowest BCUT2D eigenvalue weighted by atomic mass is 10.2. The molecule has 1 saturated heterocycles. The van der Waals surface area contributed by atoms with Crippen molar-refractivity contribution in [2.24, 2.45) is 0 Å². The Hall–Kier alpha value is -0.690. The number of carboxylic acid groups (broad SMARTS) is 1. The van der Waals surface area contributed by atoms with Crippen molar-refractivity contribution in [3.63, 3.8) is 0 Å². The number of amides is 1. The monoisotopic (exact) mass is 263 g/mol. The number of rotatable bonds is 6. The number of carbonyl (C=O) groups is 3. The Morgan fingerprint density at radius 3 is 2.88 bits per heavy atom. The number of hydrogen-bond acceptors (Lipinski definition) is 5. The molecule has 90 valence electrons. The fourth-order valence-electron chi connectivity index (χ4n) is 1.22. The predicted octanol–water partition coefficient (Wildman–Crippen LogP) is 0.343. The average Bonchev–Trinajstić information content (AvgIpc) is 2.59. The number of hydrogen-bond donors (Lipinski definition) is 2. The van der Waals surface area contributed by atoms with Crippen LogP contribution in [0.1, 0.15) is 12.8 Å². The van der Waals surface area contributed by atoms with Crippen LogP contribution in [0.4, 0.5) is 0 Å². The highest BCUT2D eigenvalue weighted by Crippen LogP contribution is 2.19. The first-order valence-electron chi connectivity index (χ1n) is 4.85. The Bertz CT molecular complexity index is 295. The first-order chi connectivity index (χ1) is 7.59. The first-order valence-corrected chi connectivity index (χ1v) is 6.99. The molecule has 1 fully saturated rings. The molecule has 7 heteroatoms. The Balaban J connectivity index is 2.11. The van der Waals surface area contributed by atoms with Gasteiger partial charge in [0.05, 0.1) is 11.8 Å². The molecule has 1 aliphatic heterocycles. The zero-order chi connectivity index (χ0) is 12.0. The third kappa shape index (κ3) is 4.89. The van der Waals surface area contributed by atoms with Gasteiger partial charge in [-0.25, -0.2) is 0 Å². The number of carbonyl (C=O) groups excluding carboxylic acids is 2. The quantitative estimate of drug-likeness (QED) is 0.672. The number of aliphatic carboxylic acids is 1. The summed E-state index contributed by atoms with van der Waals surface area (Å²) in [5, 5.41) is 11.0. The fraction of sp³-hybridized carbons (Fsp3) is 0.667. The van der Waals surface area contributed by atoms with Crippen molar-refractivity contribution in [3.05, 3.63) is 0 Å². The van der Waals surface area contributed by atoms with E-state index in [2.05, 4.69) is 5.32 Å². The first kappa shape index (κ1) is 13.4. The van der Waals surface area contributed by atoms with Crippen molar-refractivity contribution in [1.29, 1.82) is 0 Å². The zero-order valence-electron chi connectivity index (χ0n) is 8.60. The molecule has 0 aromatic heterocycles. The highest BCUT2D eigenvalue weighted by atomic mass is 32.2. The van der Waals surface area contributed by atoms with Gasteiger partial charge in [0.25, 0.3) is 0 Å². The molecule has 16 heavy (non-hydrogen) atoms. The Morgan fingerprint density at radius 2 is 2.31 bits per heavy atom. The normalized spacial score (nSPS) is 19.8. The van der Waals surface area contributed by atoms with E-state index < -0.39 is 5.97 Å². The molecule has 0 spiro atoms. The van der Waals surface area contributed by atoms with E-state index in [9.17, 15) is 14.4 Å². The van der Waals surface area contributed by atoms with E-state index in [4.69, 9.17) is 5.11 Å². The van der Waals surface area contributed by atoms with Crippen molar-refractivity contribution in [2.45, 2.75) is 18.9 Å². The molecule has 1 unspecified atom stereocenters. The molecular formula is C9H13NO4S2. The van der Waals surface area contributed by atoms with Crippen LogP contribution in [-0.2, 0) is 14.4 Å². The van der Waals surface area contributed by atoms with E-state index in [0.717, 1.165) is 5.75 Å². The largest absolute Gasteiger partial charge is 0.481 e. The van der Waals surface area contributed by atoms with Crippen LogP contribution in [0.5, 0.6) is 0 Å². The van der Waals surface area contributed by atoms with Crippen LogP contribution < -0.4 is 5.32 Å². The van der Waals surface area contributed by atoms with Gasteiger partial charge in [0.2, 0.25) is 11.0 Å². The minimum Gasteiger partial charge on any atom is -0.481 e. The van der Waals surface area contributed by atoms with Crippen LogP contribution in [0, 0.1) is 0 Å². The minimum atomic E-state index is -0.882. The number of nitrogens with one attached hydrogen (secondary N) is 1. The molecular weight excluding hydrogens is 250 g/mol. The summed E-state index contributed by atoms with van der Waals surface area (Å²) < 4.78 is 0. The second-order valence-electron chi connectivity index (χ2n) is 3.27. The van der Waals surface area contributed by atoms with Gasteiger partial charge < -0.3 is 10.4 Å². The lowest BCUT2D eigenvalue weighted by molar-refractivity contribution is -0.134. The van der Waals surface area contributed by atoms with Crippen LogP contribution in [0.15, 0.2) is 0 Å². The van der Waals surface area contributed by atoms with Gasteiger partial charge in [0, 0.05) is 17.9 Å². The summed E-state index contributed by atoms with van der Waals surface area (Å²) >= 11 is 2.44. The van der Waals surface area contributed by atoms with Crippen molar-refractivity contribution in [3.8, 4) is 0 Å². The molecule has 1 atom stereocenters. The SMILES string of the molecule is O=C(O)CSCCC(=O)NC1CCSC1=O. The third-order valence-electron chi connectivity index (χ3n) is 1.97. The molecule has 0 bridgehead atoms. The summed E-state index contributed by atoms with van der Waals surface area (Å²) in [6.07, 6.45) is 0.948. The van der Waals surface area contributed by atoms with Crippen molar-refractivity contribution >= 4 is 40.5 Å². The molecule has 1 amide bonds. The van der Waals surface area contributed by atoms with Gasteiger partial charge in [0.1, 0.15) is 0 Å². The van der Waals surface area contributed by atoms with Crippen molar-refractivity contribution in [1.82, 2.24) is 5.32 Å². The molecule has 0 radical (unpaired) electrons. The van der Waals surface area contributed by atoms with Gasteiger partial charge in [-0.05, 0) is 6.42 Å². The van der Waals surface area contributed by atoms with E-state index in [-0.39, 0.29) is 29.2 Å². The molecule has 2 N–H and O–H groups in total. The average molecular weight is 263 g/mol. The standard InChI is InChI=1S/C9H13NO4S2/c11-7(2-3-15-5-8(12)13)10-6-1-4-16-9(6)14/h6H,1-5H2,(H,10,11)(H,12,13). The van der Waals surface area contributed by atoms with Crippen LogP contribution in [0.25, 0.3) is 0 Å². The second-order valence-corrected chi connectivity index (χ2v) is 5.48. The van der Waals surface area contributed by atoms with E-state index in [1.54, 1.807) is 0 Å². The summed E-state index contributed by atoms with van der Waals surface area (Å²) in [6.45, 7) is 0. The van der Waals surface area contributed by atoms with Crippen LogP contribution >= 0.6 is 23.5 Å². The van der Waals surface area contributed by atoms with E-state index >= 15 is 0 Å². The van der Waals surface area contributed by atoms with E-state index in [1.165, 1.54) is 23.5 Å². The highest BCUT2D eigenvalue weighted by Gasteiger charge is 2.26. The Morgan fingerprint density at radius 1 is 1.56 bits per heavy atom. The summed E-state index contributed by atoms with van der Waals surface area (Å²) in [6, 6.07) is -0.345. The van der Waals surface area contributed by atoms with Gasteiger partial charge >= 0.3 is 5.97 Å². The maximum atomic E-state index is 11.4. The van der Waals surface area contributed by atoms with Crippen LogP contribution in [-0.4, -0.2) is 45.4 Å². The third-order valence-corrected chi connectivity index (χ3v) is 3.92. The molecule has 1 rings (SSSR count). The molecule has 1 aliphatic rings. The summed E-state index contributed by atoms with van der Waals surface area (Å²) in [5.74, 6) is 0.168. The van der Waals surface area contributed by atoms with Gasteiger partial charge in [0.15, 0.2) is 0 Å². The highest BCUT2D eigenvalue weighted by molar-refractivity contribution is 8.14. The maximum Gasteiger partial charge on any atom is 0.313 e. The van der Waals surface area contributed by atoms with Gasteiger partial charge in [-0.3, -0.25) is 14.4 Å². The molecule has 1 heterocycles. The van der Waals surface area contributed by atoms with Crippen molar-refractivity contribution < 1.29 is 19.5 Å². The molecule has 0 aromatic rings. The Kier molecular flexibility index (Phi) is 5.68. The summed E-state index contributed by atoms with van der Waals surface area (Å²) in [4.78, 5) is 32.7. The number of carboxylic acids is 1. The molecule has 0 aromatic carbocycles. The van der Waals surface area contributed by atoms with Gasteiger partial charge in [-0.15, -0.1) is 11.8 Å². The second kappa shape index (κ2) is 6.80. The summed E-state index contributed by atoms with van der Waals surface area (Å²) in [5.41, 5.74) is 0. The van der Waals surface area contributed by atoms with Crippen molar-refractivity contribution in [2.75, 3.05) is 17.3 Å². The fourth-order valence-corrected chi connectivity index (χ4v) is 2.80. The maximum absolute atomic E-state index is 11.4. The summed E-state index contributed by atoms with van der Waals surface area (Å²) in [7, 11) is 0. The molecule has 5 nitrogen and oxygen atoms in total. The Labute approximate surface area is 102 Å². The topological polar surface area (TPSA) is 83.5 Å². The van der Waals surface area contributed by atoms with E-state index in [1.807, 2.05) is 0 Å². The minimum absolute atomic E-state index is 0.00545. The molecule has 0 aliphatic carbocycles. The van der Waals surface area contributed by atoms with Gasteiger partial charge in [-0.2, -0.15) is 0 Å². The van der Waals surface area contributed by atoms with Crippen LogP contribution in [0.3, 0.4) is 0 Å². The lowest BCUT2D eigenvalue weighted by Gasteiger charge is -2.09. The zero-order valence-corrected chi connectivity index (χ0v) is 10.2. The lowest BCUT2D eigenvalue weighted by Crippen LogP contribution is -2.37. The smallest absolute Gasteiger partial charge is 0.313 e. The molecule has 0 saturated carbocycles. The predicted molar refractivity (Wildman–Crippen MR) is 63.6 cm³/mol.